The molecule has 0 aliphatic heterocycles. The molecule has 0 aliphatic carbocycles. The van der Waals surface area contributed by atoms with Crippen molar-refractivity contribution >= 4 is 5.95 Å². The average Bonchev–Trinajstić information content (AvgIpc) is 2.27. The number of hydrogen-bond acceptors (Lipinski definition) is 5. The second-order valence-electron chi connectivity index (χ2n) is 3.22. The van der Waals surface area contributed by atoms with Gasteiger partial charge in [-0.05, 0) is 0 Å². The highest BCUT2D eigenvalue weighted by atomic mass is 19.4. The number of ether oxygens (including phenoxy) is 1. The first-order valence-electron chi connectivity index (χ1n) is 4.85. The summed E-state index contributed by atoms with van der Waals surface area (Å²) in [6, 6.07) is 1.46. The van der Waals surface area contributed by atoms with Crippen LogP contribution in [0.25, 0.3) is 0 Å². The number of anilines is 1. The fourth-order valence-corrected chi connectivity index (χ4v) is 1.22. The number of methoxy groups -OCH3 is 1. The van der Waals surface area contributed by atoms with Crippen LogP contribution in [0, 0.1) is 0 Å². The lowest BCUT2D eigenvalue weighted by molar-refractivity contribution is -0.119. The Balaban J connectivity index is 2.88. The summed E-state index contributed by atoms with van der Waals surface area (Å²) in [4.78, 5) is 8.56. The molecule has 0 spiro atoms. The van der Waals surface area contributed by atoms with E-state index in [0.717, 1.165) is 4.90 Å². The van der Waals surface area contributed by atoms with Crippen LogP contribution in [0.3, 0.4) is 0 Å². The summed E-state index contributed by atoms with van der Waals surface area (Å²) in [6.45, 7) is -1.04. The highest BCUT2D eigenvalue weighted by Crippen LogP contribution is 2.20. The van der Waals surface area contributed by atoms with Gasteiger partial charge in [-0.25, -0.2) is 4.98 Å². The van der Waals surface area contributed by atoms with E-state index in [9.17, 15) is 13.2 Å². The zero-order chi connectivity index (χ0) is 12.9. The molecule has 96 valence electrons. The first-order chi connectivity index (χ1) is 7.96. The van der Waals surface area contributed by atoms with Crippen LogP contribution in [0.4, 0.5) is 19.1 Å². The Labute approximate surface area is 96.4 Å². The molecule has 8 heteroatoms. The van der Waals surface area contributed by atoms with Crippen LogP contribution >= 0.6 is 0 Å². The van der Waals surface area contributed by atoms with Gasteiger partial charge in [-0.1, -0.05) is 0 Å². The number of nitrogens with zero attached hydrogens (tertiary/aromatic N) is 3. The van der Waals surface area contributed by atoms with Gasteiger partial charge in [0, 0.05) is 25.4 Å². The molecule has 0 amide bonds. The van der Waals surface area contributed by atoms with Gasteiger partial charge < -0.3 is 15.4 Å². The fourth-order valence-electron chi connectivity index (χ4n) is 1.22. The number of rotatable bonds is 5. The minimum atomic E-state index is -4.33. The standard InChI is InChI=1S/C9H13F3N4O/c1-17-7-2-4-14-8(15-7)16(5-3-13)6-9(10,11)12/h2,4H,3,5-6,13H2,1H3. The van der Waals surface area contributed by atoms with Crippen LogP contribution in [0.2, 0.25) is 0 Å². The van der Waals surface area contributed by atoms with Crippen molar-refractivity contribution in [2.45, 2.75) is 6.18 Å². The molecule has 0 unspecified atom stereocenters. The number of nitrogens with two attached hydrogens (primary N) is 1. The van der Waals surface area contributed by atoms with Gasteiger partial charge in [-0.3, -0.25) is 0 Å². The van der Waals surface area contributed by atoms with E-state index < -0.39 is 12.7 Å². The molecule has 1 aromatic heterocycles. The first-order valence-corrected chi connectivity index (χ1v) is 4.85. The van der Waals surface area contributed by atoms with Crippen molar-refractivity contribution in [1.82, 2.24) is 9.97 Å². The van der Waals surface area contributed by atoms with Gasteiger partial charge in [-0.2, -0.15) is 18.2 Å². The van der Waals surface area contributed by atoms with Crippen molar-refractivity contribution in [2.75, 3.05) is 31.6 Å². The Morgan fingerprint density at radius 3 is 2.71 bits per heavy atom. The lowest BCUT2D eigenvalue weighted by Crippen LogP contribution is -2.38. The van der Waals surface area contributed by atoms with Crippen LogP contribution in [0.5, 0.6) is 5.88 Å². The second-order valence-corrected chi connectivity index (χ2v) is 3.22. The molecule has 2 N–H and O–H groups in total. The van der Waals surface area contributed by atoms with Crippen molar-refractivity contribution in [1.29, 1.82) is 0 Å². The maximum Gasteiger partial charge on any atom is 0.406 e. The van der Waals surface area contributed by atoms with E-state index in [1.54, 1.807) is 0 Å². The second kappa shape index (κ2) is 5.67. The van der Waals surface area contributed by atoms with Crippen molar-refractivity contribution in [3.8, 4) is 5.88 Å². The summed E-state index contributed by atoms with van der Waals surface area (Å²) in [6.07, 6.45) is -3.00. The van der Waals surface area contributed by atoms with Crippen LogP contribution in [-0.4, -0.2) is 42.9 Å². The number of halogens is 3. The zero-order valence-corrected chi connectivity index (χ0v) is 9.24. The number of alkyl halides is 3. The Morgan fingerprint density at radius 1 is 1.47 bits per heavy atom. The molecule has 5 nitrogen and oxygen atoms in total. The molecule has 1 rings (SSSR count). The zero-order valence-electron chi connectivity index (χ0n) is 9.24. The van der Waals surface area contributed by atoms with Gasteiger partial charge in [0.1, 0.15) is 6.54 Å². The highest BCUT2D eigenvalue weighted by molar-refractivity contribution is 5.32. The average molecular weight is 250 g/mol. The van der Waals surface area contributed by atoms with Crippen molar-refractivity contribution in [3.05, 3.63) is 12.3 Å². The predicted octanol–water partition coefficient (Wildman–Crippen LogP) is 0.813. The molecule has 0 atom stereocenters. The molecule has 0 fully saturated rings. The predicted molar refractivity (Wildman–Crippen MR) is 55.9 cm³/mol. The highest BCUT2D eigenvalue weighted by Gasteiger charge is 2.31. The summed E-state index contributed by atoms with van der Waals surface area (Å²) in [7, 11) is 1.38. The largest absolute Gasteiger partial charge is 0.481 e. The maximum absolute atomic E-state index is 12.3. The van der Waals surface area contributed by atoms with Crippen LogP contribution in [0.15, 0.2) is 12.3 Å². The molecular formula is C9H13F3N4O. The number of aromatic nitrogens is 2. The van der Waals surface area contributed by atoms with Crippen molar-refractivity contribution < 1.29 is 17.9 Å². The van der Waals surface area contributed by atoms with E-state index in [-0.39, 0.29) is 24.9 Å². The van der Waals surface area contributed by atoms with E-state index >= 15 is 0 Å². The SMILES string of the molecule is COc1ccnc(N(CCN)CC(F)(F)F)n1. The van der Waals surface area contributed by atoms with Gasteiger partial charge in [0.15, 0.2) is 0 Å². The molecule has 0 saturated heterocycles. The Kier molecular flexibility index (Phi) is 4.50. The summed E-state index contributed by atoms with van der Waals surface area (Å²) in [5, 5.41) is 0. The van der Waals surface area contributed by atoms with Crippen molar-refractivity contribution in [3.63, 3.8) is 0 Å². The van der Waals surface area contributed by atoms with Crippen LogP contribution < -0.4 is 15.4 Å². The Hall–Kier alpha value is -1.57. The van der Waals surface area contributed by atoms with E-state index in [1.807, 2.05) is 0 Å². The quantitative estimate of drug-likeness (QED) is 0.837. The van der Waals surface area contributed by atoms with Gasteiger partial charge >= 0.3 is 6.18 Å². The monoisotopic (exact) mass is 250 g/mol. The van der Waals surface area contributed by atoms with Gasteiger partial charge in [0.05, 0.1) is 7.11 Å². The van der Waals surface area contributed by atoms with Crippen LogP contribution in [0.1, 0.15) is 0 Å². The molecule has 1 heterocycles. The minimum absolute atomic E-state index is 0.0205. The normalized spacial score (nSPS) is 11.4. The summed E-state index contributed by atoms with van der Waals surface area (Å²) >= 11 is 0. The summed E-state index contributed by atoms with van der Waals surface area (Å²) in [5.41, 5.74) is 5.26. The molecule has 0 saturated carbocycles. The van der Waals surface area contributed by atoms with Gasteiger partial charge in [0.2, 0.25) is 11.8 Å². The van der Waals surface area contributed by atoms with Crippen LogP contribution in [-0.2, 0) is 0 Å². The third-order valence-electron chi connectivity index (χ3n) is 1.88. The van der Waals surface area contributed by atoms with Crippen molar-refractivity contribution in [2.24, 2.45) is 5.73 Å². The molecule has 17 heavy (non-hydrogen) atoms. The summed E-state index contributed by atoms with van der Waals surface area (Å²) in [5.74, 6) is 0.159. The molecule has 0 bridgehead atoms. The number of hydrogen-bond donors (Lipinski definition) is 1. The van der Waals surface area contributed by atoms with E-state index in [1.165, 1.54) is 19.4 Å². The van der Waals surface area contributed by atoms with Gasteiger partial charge in [-0.15, -0.1) is 0 Å². The lowest BCUT2D eigenvalue weighted by Gasteiger charge is -2.23. The molecular weight excluding hydrogens is 237 g/mol. The maximum atomic E-state index is 12.3. The minimum Gasteiger partial charge on any atom is -0.481 e. The lowest BCUT2D eigenvalue weighted by atomic mass is 10.4. The topological polar surface area (TPSA) is 64.3 Å². The smallest absolute Gasteiger partial charge is 0.406 e. The Bertz CT molecular complexity index is 358. The third-order valence-corrected chi connectivity index (χ3v) is 1.88. The van der Waals surface area contributed by atoms with E-state index in [4.69, 9.17) is 10.5 Å². The first kappa shape index (κ1) is 13.5. The van der Waals surface area contributed by atoms with E-state index in [2.05, 4.69) is 9.97 Å². The fraction of sp³-hybridized carbons (Fsp3) is 0.556. The molecule has 1 aromatic rings. The summed E-state index contributed by atoms with van der Waals surface area (Å²) < 4.78 is 41.8. The molecule has 0 aromatic carbocycles. The Morgan fingerprint density at radius 2 is 2.18 bits per heavy atom. The molecule has 0 radical (unpaired) electrons. The molecule has 0 aliphatic rings. The van der Waals surface area contributed by atoms with E-state index in [0.29, 0.717) is 0 Å². The van der Waals surface area contributed by atoms with Gasteiger partial charge in [0.25, 0.3) is 0 Å². The third kappa shape index (κ3) is 4.43.